The number of benzene rings is 1. The van der Waals surface area contributed by atoms with Crippen molar-refractivity contribution in [2.45, 2.75) is 6.67 Å². The molecule has 5 heteroatoms. The van der Waals surface area contributed by atoms with E-state index in [-0.39, 0.29) is 5.69 Å². The number of methoxy groups -OCH3 is 1. The van der Waals surface area contributed by atoms with E-state index in [0.717, 1.165) is 0 Å². The van der Waals surface area contributed by atoms with Gasteiger partial charge in [-0.2, -0.15) is 0 Å². The molecule has 0 aliphatic rings. The SMILES string of the molecule is COc1ccc2nc(CF)c(=O)[nH]c2c1. The van der Waals surface area contributed by atoms with Crippen LogP contribution in [0.4, 0.5) is 4.39 Å². The zero-order valence-electron chi connectivity index (χ0n) is 8.08. The number of aromatic amines is 1. The van der Waals surface area contributed by atoms with Crippen LogP contribution in [-0.2, 0) is 6.67 Å². The Labute approximate surface area is 84.7 Å². The van der Waals surface area contributed by atoms with Gasteiger partial charge in [0, 0.05) is 6.07 Å². The smallest absolute Gasteiger partial charge is 0.272 e. The summed E-state index contributed by atoms with van der Waals surface area (Å²) in [6.45, 7) is -0.864. The Hall–Kier alpha value is -1.91. The third-order valence-corrected chi connectivity index (χ3v) is 2.10. The lowest BCUT2D eigenvalue weighted by atomic mass is 10.3. The fourth-order valence-corrected chi connectivity index (χ4v) is 1.32. The number of alkyl halides is 1. The van der Waals surface area contributed by atoms with Gasteiger partial charge in [0.2, 0.25) is 0 Å². The quantitative estimate of drug-likeness (QED) is 0.811. The first-order valence-electron chi connectivity index (χ1n) is 4.37. The highest BCUT2D eigenvalue weighted by atomic mass is 19.1. The van der Waals surface area contributed by atoms with Gasteiger partial charge in [0.15, 0.2) is 0 Å². The number of nitrogens with one attached hydrogen (secondary N) is 1. The van der Waals surface area contributed by atoms with Crippen LogP contribution in [0.1, 0.15) is 5.69 Å². The Morgan fingerprint density at radius 3 is 3.00 bits per heavy atom. The van der Waals surface area contributed by atoms with Crippen LogP contribution in [0.3, 0.4) is 0 Å². The minimum atomic E-state index is -0.864. The van der Waals surface area contributed by atoms with E-state index in [1.807, 2.05) is 0 Å². The highest BCUT2D eigenvalue weighted by Crippen LogP contribution is 2.16. The second-order valence-electron chi connectivity index (χ2n) is 3.03. The van der Waals surface area contributed by atoms with Crippen molar-refractivity contribution in [3.63, 3.8) is 0 Å². The number of H-pyrrole nitrogens is 1. The lowest BCUT2D eigenvalue weighted by molar-refractivity contribution is 0.415. The summed E-state index contributed by atoms with van der Waals surface area (Å²) in [5.41, 5.74) is 0.477. The zero-order chi connectivity index (χ0) is 10.8. The normalized spacial score (nSPS) is 10.5. The molecule has 0 bridgehead atoms. The van der Waals surface area contributed by atoms with Crippen molar-refractivity contribution in [1.82, 2.24) is 9.97 Å². The fraction of sp³-hybridized carbons (Fsp3) is 0.200. The van der Waals surface area contributed by atoms with Gasteiger partial charge in [-0.15, -0.1) is 0 Å². The number of aromatic nitrogens is 2. The number of hydrogen-bond acceptors (Lipinski definition) is 3. The molecule has 1 aromatic heterocycles. The molecule has 2 rings (SSSR count). The van der Waals surface area contributed by atoms with E-state index in [1.54, 1.807) is 18.2 Å². The molecule has 0 unspecified atom stereocenters. The summed E-state index contributed by atoms with van der Waals surface area (Å²) in [7, 11) is 1.53. The second kappa shape index (κ2) is 3.68. The summed E-state index contributed by atoms with van der Waals surface area (Å²) in [6.07, 6.45) is 0. The molecule has 0 fully saturated rings. The summed E-state index contributed by atoms with van der Waals surface area (Å²) in [4.78, 5) is 17.7. The van der Waals surface area contributed by atoms with Crippen molar-refractivity contribution in [2.24, 2.45) is 0 Å². The van der Waals surface area contributed by atoms with Crippen LogP contribution in [0.15, 0.2) is 23.0 Å². The van der Waals surface area contributed by atoms with E-state index in [2.05, 4.69) is 9.97 Å². The molecule has 0 amide bonds. The highest BCUT2D eigenvalue weighted by molar-refractivity contribution is 5.75. The van der Waals surface area contributed by atoms with E-state index < -0.39 is 12.2 Å². The van der Waals surface area contributed by atoms with Gasteiger partial charge in [-0.25, -0.2) is 9.37 Å². The molecule has 1 N–H and O–H groups in total. The Morgan fingerprint density at radius 1 is 1.53 bits per heavy atom. The van der Waals surface area contributed by atoms with E-state index in [0.29, 0.717) is 16.8 Å². The Morgan fingerprint density at radius 2 is 2.33 bits per heavy atom. The average Bonchev–Trinajstić information content (AvgIpc) is 2.27. The predicted octanol–water partition coefficient (Wildman–Crippen LogP) is 1.40. The maximum atomic E-state index is 12.4. The molecule has 15 heavy (non-hydrogen) atoms. The Balaban J connectivity index is 2.70. The summed E-state index contributed by atoms with van der Waals surface area (Å²) in [6, 6.07) is 5.02. The van der Waals surface area contributed by atoms with Gasteiger partial charge in [0.05, 0.1) is 18.1 Å². The van der Waals surface area contributed by atoms with Crippen molar-refractivity contribution in [2.75, 3.05) is 7.11 Å². The first-order valence-corrected chi connectivity index (χ1v) is 4.37. The summed E-state index contributed by atoms with van der Waals surface area (Å²) >= 11 is 0. The summed E-state index contributed by atoms with van der Waals surface area (Å²) in [5, 5.41) is 0. The van der Waals surface area contributed by atoms with Crippen LogP contribution < -0.4 is 10.3 Å². The van der Waals surface area contributed by atoms with E-state index in [4.69, 9.17) is 4.74 Å². The third-order valence-electron chi connectivity index (χ3n) is 2.10. The van der Waals surface area contributed by atoms with Gasteiger partial charge in [0.1, 0.15) is 18.1 Å². The number of halogens is 1. The van der Waals surface area contributed by atoms with Gasteiger partial charge in [0.25, 0.3) is 5.56 Å². The predicted molar refractivity (Wildman–Crippen MR) is 53.7 cm³/mol. The molecule has 0 spiro atoms. The first-order chi connectivity index (χ1) is 7.24. The van der Waals surface area contributed by atoms with Gasteiger partial charge >= 0.3 is 0 Å². The molecule has 0 radical (unpaired) electrons. The highest BCUT2D eigenvalue weighted by Gasteiger charge is 2.04. The third kappa shape index (κ3) is 1.68. The zero-order valence-corrected chi connectivity index (χ0v) is 8.08. The standard InChI is InChI=1S/C10H9FN2O2/c1-15-6-2-3-7-8(4-6)13-10(14)9(5-11)12-7/h2-4H,5H2,1H3,(H,13,14). The molecule has 4 nitrogen and oxygen atoms in total. The number of fused-ring (bicyclic) bond motifs is 1. The molecular formula is C10H9FN2O2. The average molecular weight is 208 g/mol. The number of rotatable bonds is 2. The summed E-state index contributed by atoms with van der Waals surface area (Å²) < 4.78 is 17.3. The maximum absolute atomic E-state index is 12.4. The van der Waals surface area contributed by atoms with E-state index >= 15 is 0 Å². The van der Waals surface area contributed by atoms with Gasteiger partial charge in [-0.1, -0.05) is 0 Å². The minimum Gasteiger partial charge on any atom is -0.497 e. The van der Waals surface area contributed by atoms with Crippen molar-refractivity contribution < 1.29 is 9.13 Å². The van der Waals surface area contributed by atoms with Crippen molar-refractivity contribution in [1.29, 1.82) is 0 Å². The largest absolute Gasteiger partial charge is 0.497 e. The molecule has 0 saturated carbocycles. The molecule has 0 saturated heterocycles. The van der Waals surface area contributed by atoms with Crippen molar-refractivity contribution in [3.8, 4) is 5.75 Å². The van der Waals surface area contributed by atoms with Crippen LogP contribution in [0.2, 0.25) is 0 Å². The molecule has 0 atom stereocenters. The minimum absolute atomic E-state index is 0.104. The van der Waals surface area contributed by atoms with E-state index in [9.17, 15) is 9.18 Å². The maximum Gasteiger partial charge on any atom is 0.272 e. The van der Waals surface area contributed by atoms with Crippen LogP contribution in [0, 0.1) is 0 Å². The second-order valence-corrected chi connectivity index (χ2v) is 3.03. The molecular weight excluding hydrogens is 199 g/mol. The van der Waals surface area contributed by atoms with Crippen LogP contribution >= 0.6 is 0 Å². The van der Waals surface area contributed by atoms with E-state index in [1.165, 1.54) is 7.11 Å². The molecule has 0 aliphatic carbocycles. The van der Waals surface area contributed by atoms with Gasteiger partial charge in [-0.3, -0.25) is 4.79 Å². The van der Waals surface area contributed by atoms with Crippen molar-refractivity contribution in [3.05, 3.63) is 34.2 Å². The lowest BCUT2D eigenvalue weighted by Crippen LogP contribution is -2.13. The molecule has 1 heterocycles. The topological polar surface area (TPSA) is 55.0 Å². The molecule has 1 aromatic carbocycles. The fourth-order valence-electron chi connectivity index (χ4n) is 1.32. The molecule has 78 valence electrons. The summed E-state index contributed by atoms with van der Waals surface area (Å²) in [5.74, 6) is 0.618. The Bertz CT molecular complexity index is 551. The number of nitrogens with zero attached hydrogens (tertiary/aromatic N) is 1. The monoisotopic (exact) mass is 208 g/mol. The van der Waals surface area contributed by atoms with Crippen LogP contribution in [0.25, 0.3) is 11.0 Å². The molecule has 0 aliphatic heterocycles. The van der Waals surface area contributed by atoms with Crippen LogP contribution in [-0.4, -0.2) is 17.1 Å². The van der Waals surface area contributed by atoms with Gasteiger partial charge in [-0.05, 0) is 12.1 Å². The van der Waals surface area contributed by atoms with Crippen molar-refractivity contribution >= 4 is 11.0 Å². The molecule has 2 aromatic rings. The number of ether oxygens (including phenoxy) is 1. The Kier molecular flexibility index (Phi) is 2.37. The first kappa shape index (κ1) is 9.64. The van der Waals surface area contributed by atoms with Gasteiger partial charge < -0.3 is 9.72 Å². The van der Waals surface area contributed by atoms with Crippen LogP contribution in [0.5, 0.6) is 5.75 Å². The number of hydrogen-bond donors (Lipinski definition) is 1. The lowest BCUT2D eigenvalue weighted by Gasteiger charge is -2.02.